The molecule has 2 fully saturated rings. The first kappa shape index (κ1) is 27.5. The van der Waals surface area contributed by atoms with Gasteiger partial charge >= 0.3 is 12.1 Å². The van der Waals surface area contributed by atoms with E-state index in [1.807, 2.05) is 36.1 Å². The molecule has 39 heavy (non-hydrogen) atoms. The molecule has 2 heterocycles. The van der Waals surface area contributed by atoms with Crippen LogP contribution in [0.4, 0.5) is 17.6 Å². The maximum absolute atomic E-state index is 14.8. The predicted molar refractivity (Wildman–Crippen MR) is 136 cm³/mol. The molecule has 9 heteroatoms. The Morgan fingerprint density at radius 2 is 1.67 bits per heavy atom. The lowest BCUT2D eigenvalue weighted by Gasteiger charge is -2.44. The first-order valence-electron chi connectivity index (χ1n) is 13.5. The lowest BCUT2D eigenvalue weighted by atomic mass is 9.68. The quantitative estimate of drug-likeness (QED) is 0.459. The summed E-state index contributed by atoms with van der Waals surface area (Å²) in [4.78, 5) is 26.9. The number of carboxylic acids is 1. The van der Waals surface area contributed by atoms with Crippen molar-refractivity contribution in [3.8, 4) is 5.75 Å². The van der Waals surface area contributed by atoms with Gasteiger partial charge in [0.25, 0.3) is 0 Å². The molecule has 1 N–H and O–H groups in total. The Balaban J connectivity index is 1.49. The van der Waals surface area contributed by atoms with Crippen molar-refractivity contribution in [2.75, 3.05) is 13.2 Å². The number of hydrogen-bond donors (Lipinski definition) is 1. The minimum absolute atomic E-state index is 0.0216. The topological polar surface area (TPSA) is 66.8 Å². The highest BCUT2D eigenvalue weighted by molar-refractivity contribution is 5.81. The van der Waals surface area contributed by atoms with Crippen molar-refractivity contribution in [1.82, 2.24) is 4.90 Å². The lowest BCUT2D eigenvalue weighted by molar-refractivity contribution is -0.228. The Labute approximate surface area is 225 Å². The second-order valence-electron chi connectivity index (χ2n) is 11.5. The van der Waals surface area contributed by atoms with Crippen molar-refractivity contribution in [2.45, 2.75) is 75.7 Å². The zero-order valence-electron chi connectivity index (χ0n) is 22.1. The number of halogens is 4. The summed E-state index contributed by atoms with van der Waals surface area (Å²) in [6.07, 6.45) is -1.99. The van der Waals surface area contributed by atoms with E-state index in [-0.39, 0.29) is 30.2 Å². The second kappa shape index (κ2) is 9.82. The fourth-order valence-corrected chi connectivity index (χ4v) is 6.64. The average molecular weight is 548 g/mol. The minimum atomic E-state index is -5.08. The molecular formula is C30H33F4NO4. The second-order valence-corrected chi connectivity index (χ2v) is 11.5. The zero-order valence-corrected chi connectivity index (χ0v) is 22.1. The summed E-state index contributed by atoms with van der Waals surface area (Å²) in [5.74, 6) is -1.32. The summed E-state index contributed by atoms with van der Waals surface area (Å²) < 4.78 is 61.2. The van der Waals surface area contributed by atoms with Gasteiger partial charge in [-0.05, 0) is 64.0 Å². The maximum atomic E-state index is 14.8. The molecular weight excluding hydrogens is 514 g/mol. The van der Waals surface area contributed by atoms with Crippen molar-refractivity contribution in [2.24, 2.45) is 11.8 Å². The number of likely N-dealkylation sites (tertiary alicyclic amines) is 1. The van der Waals surface area contributed by atoms with Gasteiger partial charge in [0.15, 0.2) is 0 Å². The molecule has 0 aromatic heterocycles. The van der Waals surface area contributed by atoms with Crippen LogP contribution in [-0.4, -0.2) is 47.3 Å². The Hall–Kier alpha value is -3.10. The molecule has 0 spiro atoms. The number of aliphatic carboxylic acids is 1. The Morgan fingerprint density at radius 3 is 2.28 bits per heavy atom. The lowest BCUT2D eigenvalue weighted by Crippen LogP contribution is -2.53. The van der Waals surface area contributed by atoms with Gasteiger partial charge < -0.3 is 14.7 Å². The standard InChI is InChI=1S/C30H33F4NO4/c1-18-3-5-19(6-4-18)16-29-13-14-35(26(36)20-7-9-21(10-8-20)27(37)38)25(29)17-39-24-15-22(11-12-23(24)29)28(2,31)30(32,33)34/h3-6,11-12,15,20-21,25H,7-10,13-14,16-17H2,1-2H3,(H,37,38)/t20-,21-,25?,28?,29?. The Bertz CT molecular complexity index is 1250. The predicted octanol–water partition coefficient (Wildman–Crippen LogP) is 6.11. The number of nitrogens with zero attached hydrogens (tertiary/aromatic N) is 1. The fourth-order valence-electron chi connectivity index (χ4n) is 6.64. The number of ether oxygens (including phenoxy) is 1. The van der Waals surface area contributed by atoms with Crippen LogP contribution < -0.4 is 4.74 Å². The van der Waals surface area contributed by atoms with Crippen LogP contribution in [0.2, 0.25) is 0 Å². The third-order valence-corrected chi connectivity index (χ3v) is 9.15. The third kappa shape index (κ3) is 4.78. The molecule has 0 bridgehead atoms. The van der Waals surface area contributed by atoms with Crippen LogP contribution in [-0.2, 0) is 27.1 Å². The van der Waals surface area contributed by atoms with Gasteiger partial charge in [-0.3, -0.25) is 9.59 Å². The van der Waals surface area contributed by atoms with E-state index in [9.17, 15) is 32.3 Å². The summed E-state index contributed by atoms with van der Waals surface area (Å²) in [5.41, 5.74) is -1.84. The number of carbonyl (C=O) groups excluding carboxylic acids is 1. The molecule has 5 rings (SSSR count). The number of fused-ring (bicyclic) bond motifs is 3. The molecule has 210 valence electrons. The number of carbonyl (C=O) groups is 2. The first-order valence-corrected chi connectivity index (χ1v) is 13.5. The van der Waals surface area contributed by atoms with E-state index in [4.69, 9.17) is 4.74 Å². The van der Waals surface area contributed by atoms with Crippen LogP contribution in [0, 0.1) is 18.8 Å². The Morgan fingerprint density at radius 1 is 1.03 bits per heavy atom. The highest BCUT2D eigenvalue weighted by Crippen LogP contribution is 2.52. The third-order valence-electron chi connectivity index (χ3n) is 9.15. The van der Waals surface area contributed by atoms with Gasteiger partial charge in [-0.2, -0.15) is 13.2 Å². The largest absolute Gasteiger partial charge is 0.491 e. The monoisotopic (exact) mass is 547 g/mol. The Kier molecular flexibility index (Phi) is 6.92. The van der Waals surface area contributed by atoms with E-state index in [1.165, 1.54) is 6.07 Å². The minimum Gasteiger partial charge on any atom is -0.491 e. The van der Waals surface area contributed by atoms with E-state index in [0.29, 0.717) is 57.6 Å². The summed E-state index contributed by atoms with van der Waals surface area (Å²) in [6.45, 7) is 3.05. The molecule has 1 saturated heterocycles. The van der Waals surface area contributed by atoms with Crippen molar-refractivity contribution < 1.29 is 37.0 Å². The van der Waals surface area contributed by atoms with Gasteiger partial charge in [0, 0.05) is 29.0 Å². The fraction of sp³-hybridized carbons (Fsp3) is 0.533. The molecule has 0 radical (unpaired) electrons. The van der Waals surface area contributed by atoms with Gasteiger partial charge in [0.05, 0.1) is 12.0 Å². The number of hydrogen-bond acceptors (Lipinski definition) is 3. The molecule has 1 aliphatic carbocycles. The molecule has 2 aromatic rings. The highest BCUT2D eigenvalue weighted by Gasteiger charge is 2.57. The summed E-state index contributed by atoms with van der Waals surface area (Å²) in [5, 5.41) is 9.33. The molecule has 2 aliphatic heterocycles. The van der Waals surface area contributed by atoms with E-state index in [0.717, 1.165) is 17.2 Å². The van der Waals surface area contributed by atoms with Crippen molar-refractivity contribution in [1.29, 1.82) is 0 Å². The van der Waals surface area contributed by atoms with Crippen molar-refractivity contribution >= 4 is 11.9 Å². The van der Waals surface area contributed by atoms with Crippen molar-refractivity contribution in [3.63, 3.8) is 0 Å². The maximum Gasteiger partial charge on any atom is 0.426 e. The number of carboxylic acid groups (broad SMARTS) is 1. The SMILES string of the molecule is Cc1ccc(CC23CCN(C(=O)[C@H]4CC[C@H](C(=O)O)CC4)C2COc2cc(C(C)(F)C(F)(F)F)ccc23)cc1. The first-order chi connectivity index (χ1) is 18.3. The number of alkyl halides is 4. The smallest absolute Gasteiger partial charge is 0.426 e. The van der Waals surface area contributed by atoms with Crippen LogP contribution >= 0.6 is 0 Å². The van der Waals surface area contributed by atoms with Crippen LogP contribution in [0.3, 0.4) is 0 Å². The van der Waals surface area contributed by atoms with Gasteiger partial charge in [-0.1, -0.05) is 42.0 Å². The average Bonchev–Trinajstić information content (AvgIpc) is 3.28. The number of benzene rings is 2. The number of aryl methyl sites for hydroxylation is 1. The van der Waals surface area contributed by atoms with Gasteiger partial charge in [-0.15, -0.1) is 0 Å². The molecule has 5 nitrogen and oxygen atoms in total. The summed E-state index contributed by atoms with van der Waals surface area (Å²) in [7, 11) is 0. The molecule has 3 atom stereocenters. The summed E-state index contributed by atoms with van der Waals surface area (Å²) in [6, 6.07) is 11.6. The molecule has 1 saturated carbocycles. The number of rotatable bonds is 5. The van der Waals surface area contributed by atoms with E-state index < -0.39 is 34.7 Å². The van der Waals surface area contributed by atoms with E-state index in [2.05, 4.69) is 0 Å². The molecule has 1 amide bonds. The summed E-state index contributed by atoms with van der Waals surface area (Å²) >= 11 is 0. The van der Waals surface area contributed by atoms with Gasteiger partial charge in [-0.25, -0.2) is 4.39 Å². The van der Waals surface area contributed by atoms with Crippen LogP contribution in [0.25, 0.3) is 0 Å². The van der Waals surface area contributed by atoms with Crippen LogP contribution in [0.1, 0.15) is 61.3 Å². The van der Waals surface area contributed by atoms with E-state index in [1.54, 1.807) is 6.07 Å². The molecule has 3 unspecified atom stereocenters. The van der Waals surface area contributed by atoms with Crippen LogP contribution in [0.15, 0.2) is 42.5 Å². The molecule has 2 aromatic carbocycles. The van der Waals surface area contributed by atoms with Gasteiger partial charge in [0.1, 0.15) is 12.4 Å². The molecule has 3 aliphatic rings. The van der Waals surface area contributed by atoms with Crippen molar-refractivity contribution in [3.05, 3.63) is 64.7 Å². The van der Waals surface area contributed by atoms with E-state index >= 15 is 0 Å². The number of amides is 1. The highest BCUT2D eigenvalue weighted by atomic mass is 19.4. The zero-order chi connectivity index (χ0) is 28.2. The van der Waals surface area contributed by atoms with Gasteiger partial charge in [0.2, 0.25) is 11.6 Å². The van der Waals surface area contributed by atoms with Crippen LogP contribution in [0.5, 0.6) is 5.75 Å². The normalized spacial score (nSPS) is 28.2.